The molecule has 0 unspecified atom stereocenters. The molecule has 0 heterocycles. The van der Waals surface area contributed by atoms with Crippen LogP contribution in [0.2, 0.25) is 0 Å². The zero-order valence-corrected chi connectivity index (χ0v) is 8.24. The van der Waals surface area contributed by atoms with Crippen molar-refractivity contribution in [3.8, 4) is 0 Å². The molecule has 0 aromatic carbocycles. The lowest BCUT2D eigenvalue weighted by molar-refractivity contribution is -0.119. The topological polar surface area (TPSA) is 83.5 Å². The van der Waals surface area contributed by atoms with E-state index in [0.717, 1.165) is 6.42 Å². The molecule has 0 fully saturated rings. The van der Waals surface area contributed by atoms with Gasteiger partial charge in [-0.05, 0) is 6.42 Å². The molecular formula is C5H11NO4S2. The predicted octanol–water partition coefficient (Wildman–Crippen LogP) is 0.744. The van der Waals surface area contributed by atoms with Crippen molar-refractivity contribution in [3.63, 3.8) is 0 Å². The Bertz CT molecular complexity index is 236. The maximum absolute atomic E-state index is 10.7. The first kappa shape index (κ1) is 11.7. The summed E-state index contributed by atoms with van der Waals surface area (Å²) in [4.78, 5) is 10.7. The normalized spacial score (nSPS) is 11.2. The average molecular weight is 213 g/mol. The van der Waals surface area contributed by atoms with Gasteiger partial charge in [0.05, 0.1) is 0 Å². The summed E-state index contributed by atoms with van der Waals surface area (Å²) in [6.45, 7) is 1.92. The Hall–Kier alpha value is -0.270. The van der Waals surface area contributed by atoms with Crippen LogP contribution in [0, 0.1) is 0 Å². The van der Waals surface area contributed by atoms with Crippen LogP contribution in [0.5, 0.6) is 0 Å². The van der Waals surface area contributed by atoms with Gasteiger partial charge >= 0.3 is 9.15 Å². The monoisotopic (exact) mass is 213 g/mol. The Morgan fingerprint density at radius 1 is 1.58 bits per heavy atom. The minimum Gasteiger partial charge on any atom is -0.285 e. The molecule has 0 aliphatic heterocycles. The van der Waals surface area contributed by atoms with Gasteiger partial charge in [-0.15, -0.1) is 0 Å². The molecule has 72 valence electrons. The van der Waals surface area contributed by atoms with Crippen LogP contribution in [0.1, 0.15) is 26.2 Å². The van der Waals surface area contributed by atoms with Gasteiger partial charge in [-0.1, -0.05) is 13.3 Å². The molecule has 0 radical (unpaired) electrons. The number of nitrogens with one attached hydrogen (secondary N) is 1. The van der Waals surface area contributed by atoms with E-state index in [2.05, 4.69) is 0 Å². The van der Waals surface area contributed by atoms with Gasteiger partial charge in [0.1, 0.15) is 11.0 Å². The first-order chi connectivity index (χ1) is 5.45. The lowest BCUT2D eigenvalue weighted by Crippen LogP contribution is -2.17. The minimum atomic E-state index is -4.16. The largest absolute Gasteiger partial charge is 0.339 e. The van der Waals surface area contributed by atoms with E-state index in [0.29, 0.717) is 6.42 Å². The van der Waals surface area contributed by atoms with E-state index in [-0.39, 0.29) is 23.3 Å². The van der Waals surface area contributed by atoms with Crippen molar-refractivity contribution in [3.05, 3.63) is 0 Å². The summed E-state index contributed by atoms with van der Waals surface area (Å²) >= 11 is 0. The van der Waals surface area contributed by atoms with Crippen LogP contribution >= 0.6 is 11.0 Å². The van der Waals surface area contributed by atoms with Crippen LogP contribution in [0.15, 0.2) is 0 Å². The molecule has 0 aromatic rings. The predicted molar refractivity (Wildman–Crippen MR) is 46.8 cm³/mol. The van der Waals surface area contributed by atoms with Crippen LogP contribution in [0.25, 0.3) is 0 Å². The fourth-order valence-corrected chi connectivity index (χ4v) is 1.38. The highest BCUT2D eigenvalue weighted by molar-refractivity contribution is 8.69. The number of amides is 1. The Balaban J connectivity index is 3.58. The highest BCUT2D eigenvalue weighted by atomic mass is 33.2. The Kier molecular flexibility index (Phi) is 5.27. The van der Waals surface area contributed by atoms with E-state index in [1.54, 1.807) is 0 Å². The Morgan fingerprint density at radius 2 is 2.17 bits per heavy atom. The number of carbonyl (C=O) groups is 1. The maximum atomic E-state index is 10.7. The van der Waals surface area contributed by atoms with Crippen LogP contribution < -0.4 is 4.72 Å². The summed E-state index contributed by atoms with van der Waals surface area (Å²) in [5, 5.41) is 0. The lowest BCUT2D eigenvalue weighted by Gasteiger charge is -1.99. The molecule has 0 aliphatic rings. The molecule has 1 amide bonds. The molecule has 0 saturated heterocycles. The van der Waals surface area contributed by atoms with Gasteiger partial charge in [0.2, 0.25) is 5.91 Å². The van der Waals surface area contributed by atoms with E-state index in [9.17, 15) is 13.2 Å². The lowest BCUT2D eigenvalue weighted by atomic mass is 10.2. The van der Waals surface area contributed by atoms with Crippen molar-refractivity contribution < 1.29 is 17.8 Å². The summed E-state index contributed by atoms with van der Waals surface area (Å²) < 4.78 is 30.4. The van der Waals surface area contributed by atoms with Gasteiger partial charge in [-0.3, -0.25) is 14.1 Å². The first-order valence-corrected chi connectivity index (χ1v) is 6.17. The molecule has 0 bridgehead atoms. The number of hydrogen-bond donors (Lipinski definition) is 2. The molecule has 0 atom stereocenters. The highest BCUT2D eigenvalue weighted by Gasteiger charge is 2.08. The molecule has 0 aliphatic carbocycles. The molecule has 7 heteroatoms. The smallest absolute Gasteiger partial charge is 0.285 e. The number of unbranched alkanes of at least 4 members (excludes halogenated alkanes) is 1. The van der Waals surface area contributed by atoms with Crippen LogP contribution in [-0.4, -0.2) is 18.9 Å². The zero-order valence-electron chi connectivity index (χ0n) is 6.61. The van der Waals surface area contributed by atoms with Crippen molar-refractivity contribution in [1.29, 1.82) is 0 Å². The van der Waals surface area contributed by atoms with Crippen LogP contribution in [0.4, 0.5) is 0 Å². The molecule has 12 heavy (non-hydrogen) atoms. The molecule has 5 nitrogen and oxygen atoms in total. The van der Waals surface area contributed by atoms with Crippen molar-refractivity contribution in [2.75, 3.05) is 0 Å². The fraction of sp³-hybridized carbons (Fsp3) is 0.800. The SMILES string of the molecule is CCCCC(=O)NSS(=O)(=O)O. The van der Waals surface area contributed by atoms with Crippen molar-refractivity contribution in [2.45, 2.75) is 26.2 Å². The number of rotatable bonds is 5. The van der Waals surface area contributed by atoms with Gasteiger partial charge in [0, 0.05) is 6.42 Å². The summed E-state index contributed by atoms with van der Waals surface area (Å²) in [5.74, 6) is -0.389. The third kappa shape index (κ3) is 7.83. The first-order valence-electron chi connectivity index (χ1n) is 3.40. The summed E-state index contributed by atoms with van der Waals surface area (Å²) in [5.41, 5.74) is 0. The van der Waals surface area contributed by atoms with Gasteiger partial charge < -0.3 is 0 Å². The molecule has 0 rings (SSSR count). The fourth-order valence-electron chi connectivity index (χ4n) is 0.487. The van der Waals surface area contributed by atoms with E-state index >= 15 is 0 Å². The quantitative estimate of drug-likeness (QED) is 0.400. The third-order valence-electron chi connectivity index (χ3n) is 1.02. The summed E-state index contributed by atoms with van der Waals surface area (Å²) in [6.07, 6.45) is 1.85. The summed E-state index contributed by atoms with van der Waals surface area (Å²) in [7, 11) is -4.14. The molecular weight excluding hydrogens is 202 g/mol. The Labute approximate surface area is 75.2 Å². The van der Waals surface area contributed by atoms with Crippen molar-refractivity contribution >= 4 is 26.0 Å². The van der Waals surface area contributed by atoms with Crippen molar-refractivity contribution in [1.82, 2.24) is 4.72 Å². The summed E-state index contributed by atoms with van der Waals surface area (Å²) in [6, 6.07) is 0. The van der Waals surface area contributed by atoms with E-state index in [1.165, 1.54) is 0 Å². The second kappa shape index (κ2) is 5.39. The van der Waals surface area contributed by atoms with Crippen LogP contribution in [-0.2, 0) is 13.9 Å². The van der Waals surface area contributed by atoms with Gasteiger partial charge in [-0.2, -0.15) is 8.42 Å². The van der Waals surface area contributed by atoms with Gasteiger partial charge in [0.25, 0.3) is 0 Å². The van der Waals surface area contributed by atoms with Gasteiger partial charge in [-0.25, -0.2) is 0 Å². The molecule has 0 spiro atoms. The maximum Gasteiger partial charge on any atom is 0.339 e. The highest BCUT2D eigenvalue weighted by Crippen LogP contribution is 2.04. The standard InChI is InChI=1S/C5H11NO4S2/c1-2-3-4-5(7)6-11-12(8,9)10/h2-4H2,1H3,(H,6,7)(H,8,9,10). The second-order valence-electron chi connectivity index (χ2n) is 2.14. The minimum absolute atomic E-state index is 0.0203. The van der Waals surface area contributed by atoms with E-state index in [4.69, 9.17) is 4.55 Å². The van der Waals surface area contributed by atoms with Gasteiger partial charge in [0.15, 0.2) is 0 Å². The molecule has 2 N–H and O–H groups in total. The third-order valence-corrected chi connectivity index (χ3v) is 2.42. The van der Waals surface area contributed by atoms with Crippen molar-refractivity contribution in [2.24, 2.45) is 0 Å². The molecule has 0 aromatic heterocycles. The number of hydrogen-bond acceptors (Lipinski definition) is 4. The zero-order chi connectivity index (χ0) is 9.61. The van der Waals surface area contributed by atoms with E-state index in [1.807, 2.05) is 11.6 Å². The average Bonchev–Trinajstić information content (AvgIpc) is 1.95. The van der Waals surface area contributed by atoms with Crippen LogP contribution in [0.3, 0.4) is 0 Å². The Morgan fingerprint density at radius 3 is 2.58 bits per heavy atom. The second-order valence-corrected chi connectivity index (χ2v) is 5.13. The molecule has 0 saturated carbocycles. The number of carbonyl (C=O) groups excluding carboxylic acids is 1. The van der Waals surface area contributed by atoms with E-state index < -0.39 is 9.15 Å².